The van der Waals surface area contributed by atoms with Crippen LogP contribution in [0.4, 0.5) is 0 Å². The van der Waals surface area contributed by atoms with Crippen LogP contribution in [0, 0.1) is 5.41 Å². The van der Waals surface area contributed by atoms with E-state index in [2.05, 4.69) is 0 Å². The van der Waals surface area contributed by atoms with Crippen LogP contribution < -0.4 is 10.2 Å². The summed E-state index contributed by atoms with van der Waals surface area (Å²) in [4.78, 5) is 13.7. The molecule has 0 aliphatic carbocycles. The summed E-state index contributed by atoms with van der Waals surface area (Å²) in [6.07, 6.45) is 0. The Morgan fingerprint density at radius 3 is 2.11 bits per heavy atom. The molecule has 0 aliphatic rings. The highest BCUT2D eigenvalue weighted by Gasteiger charge is 2.40. The second-order valence-electron chi connectivity index (χ2n) is 7.48. The Morgan fingerprint density at radius 1 is 1.07 bits per heavy atom. The molecule has 0 radical (unpaired) electrons. The van der Waals surface area contributed by atoms with Gasteiger partial charge in [-0.3, -0.25) is 14.9 Å². The molecular weight excluding hydrogens is 380 g/mol. The number of hydrogen-bond donors (Lipinski definition) is 2. The zero-order chi connectivity index (χ0) is 20.9. The summed E-state index contributed by atoms with van der Waals surface area (Å²) < 4.78 is 31.5. The molecule has 0 saturated heterocycles. The summed E-state index contributed by atoms with van der Waals surface area (Å²) in [5.41, 5.74) is 0.667. The van der Waals surface area contributed by atoms with Crippen molar-refractivity contribution in [3.8, 4) is 11.5 Å². The van der Waals surface area contributed by atoms with Crippen molar-refractivity contribution in [2.45, 2.75) is 24.8 Å². The molecule has 7 nitrogen and oxygen atoms in total. The van der Waals surface area contributed by atoms with Gasteiger partial charge >= 0.3 is 0 Å². The Hall–Kier alpha value is -2.42. The van der Waals surface area contributed by atoms with E-state index in [-0.39, 0.29) is 10.6 Å². The van der Waals surface area contributed by atoms with Crippen molar-refractivity contribution in [2.24, 2.45) is 5.41 Å². The molecule has 0 unspecified atom stereocenters. The SMILES string of the molecule is CN(C)[C@H](C(=O)NO)C(C)(C)CS(=O)(=O)c1ccc(Oc2ccccc2)cc1. The van der Waals surface area contributed by atoms with Gasteiger partial charge in [0.1, 0.15) is 11.5 Å². The number of carbonyl (C=O) groups excluding carboxylic acids is 1. The van der Waals surface area contributed by atoms with E-state index in [0.29, 0.717) is 11.5 Å². The van der Waals surface area contributed by atoms with Gasteiger partial charge < -0.3 is 4.74 Å². The predicted molar refractivity (Wildman–Crippen MR) is 106 cm³/mol. The minimum absolute atomic E-state index is 0.142. The molecule has 2 rings (SSSR count). The van der Waals surface area contributed by atoms with Crippen molar-refractivity contribution in [3.63, 3.8) is 0 Å². The van der Waals surface area contributed by atoms with Gasteiger partial charge in [-0.15, -0.1) is 0 Å². The third-order valence-electron chi connectivity index (χ3n) is 4.34. The smallest absolute Gasteiger partial charge is 0.261 e. The Kier molecular flexibility index (Phi) is 6.82. The maximum Gasteiger partial charge on any atom is 0.261 e. The summed E-state index contributed by atoms with van der Waals surface area (Å²) in [5, 5.41) is 8.99. The molecule has 2 N–H and O–H groups in total. The highest BCUT2D eigenvalue weighted by atomic mass is 32.2. The van der Waals surface area contributed by atoms with Crippen molar-refractivity contribution < 1.29 is 23.2 Å². The second-order valence-corrected chi connectivity index (χ2v) is 9.47. The van der Waals surface area contributed by atoms with E-state index in [4.69, 9.17) is 9.94 Å². The monoisotopic (exact) mass is 406 g/mol. The number of amides is 1. The molecule has 0 aromatic heterocycles. The number of carbonyl (C=O) groups is 1. The molecule has 152 valence electrons. The van der Waals surface area contributed by atoms with E-state index in [9.17, 15) is 13.2 Å². The number of nitrogens with zero attached hydrogens (tertiary/aromatic N) is 1. The number of para-hydroxylation sites is 1. The zero-order valence-corrected chi connectivity index (χ0v) is 17.2. The van der Waals surface area contributed by atoms with Gasteiger partial charge in [0.15, 0.2) is 9.84 Å². The van der Waals surface area contributed by atoms with Gasteiger partial charge in [-0.25, -0.2) is 13.9 Å². The standard InChI is InChI=1S/C20H26N2O5S/c1-20(2,18(22(3)4)19(23)21-24)14-28(25,26)17-12-10-16(11-13-17)27-15-8-6-5-7-9-15/h5-13,18,24H,14H2,1-4H3,(H,21,23)/t18-/m1/s1. The summed E-state index contributed by atoms with van der Waals surface area (Å²) >= 11 is 0. The van der Waals surface area contributed by atoms with Crippen molar-refractivity contribution in [1.82, 2.24) is 10.4 Å². The largest absolute Gasteiger partial charge is 0.457 e. The van der Waals surface area contributed by atoms with Crippen LogP contribution in [0.3, 0.4) is 0 Å². The van der Waals surface area contributed by atoms with Gasteiger partial charge in [-0.1, -0.05) is 32.0 Å². The molecule has 1 amide bonds. The lowest BCUT2D eigenvalue weighted by molar-refractivity contribution is -0.137. The molecule has 1 atom stereocenters. The normalized spacial score (nSPS) is 13.2. The van der Waals surface area contributed by atoms with Gasteiger partial charge in [0.25, 0.3) is 5.91 Å². The first-order valence-electron chi connectivity index (χ1n) is 8.73. The molecule has 0 fully saturated rings. The van der Waals surface area contributed by atoms with E-state index in [1.807, 2.05) is 18.2 Å². The topological polar surface area (TPSA) is 95.9 Å². The number of sulfone groups is 1. The third-order valence-corrected chi connectivity index (χ3v) is 6.45. The van der Waals surface area contributed by atoms with Gasteiger partial charge in [0.2, 0.25) is 0 Å². The summed E-state index contributed by atoms with van der Waals surface area (Å²) in [7, 11) is -0.358. The highest BCUT2D eigenvalue weighted by Crippen LogP contribution is 2.30. The van der Waals surface area contributed by atoms with Crippen molar-refractivity contribution >= 4 is 15.7 Å². The molecule has 0 heterocycles. The summed E-state index contributed by atoms with van der Waals surface area (Å²) in [6, 6.07) is 14.5. The number of benzene rings is 2. The van der Waals surface area contributed by atoms with E-state index in [1.54, 1.807) is 62.6 Å². The average Bonchev–Trinajstić information content (AvgIpc) is 2.61. The van der Waals surface area contributed by atoms with E-state index >= 15 is 0 Å². The fourth-order valence-corrected chi connectivity index (χ4v) is 5.20. The van der Waals surface area contributed by atoms with Crippen LogP contribution in [0.5, 0.6) is 11.5 Å². The molecule has 2 aromatic rings. The summed E-state index contributed by atoms with van der Waals surface area (Å²) in [5.74, 6) is 0.255. The minimum Gasteiger partial charge on any atom is -0.457 e. The number of ether oxygens (including phenoxy) is 1. The number of nitrogens with one attached hydrogen (secondary N) is 1. The Labute approximate surface area is 165 Å². The van der Waals surface area contributed by atoms with Crippen LogP contribution in [0.1, 0.15) is 13.8 Å². The van der Waals surface area contributed by atoms with Crippen LogP contribution in [0.25, 0.3) is 0 Å². The summed E-state index contributed by atoms with van der Waals surface area (Å²) in [6.45, 7) is 3.36. The maximum absolute atomic E-state index is 12.9. The predicted octanol–water partition coefficient (Wildman–Crippen LogP) is 2.71. The lowest BCUT2D eigenvalue weighted by Gasteiger charge is -2.36. The lowest BCUT2D eigenvalue weighted by atomic mass is 9.85. The molecule has 0 aliphatic heterocycles. The van der Waals surface area contributed by atoms with Crippen molar-refractivity contribution in [3.05, 3.63) is 54.6 Å². The number of hydroxylamine groups is 1. The molecule has 28 heavy (non-hydrogen) atoms. The zero-order valence-electron chi connectivity index (χ0n) is 16.4. The molecule has 2 aromatic carbocycles. The first-order valence-corrected chi connectivity index (χ1v) is 10.4. The number of hydrogen-bond acceptors (Lipinski definition) is 6. The molecule has 0 spiro atoms. The van der Waals surface area contributed by atoms with Crippen LogP contribution >= 0.6 is 0 Å². The number of rotatable bonds is 8. The molecular formula is C20H26N2O5S. The molecule has 0 saturated carbocycles. The van der Waals surface area contributed by atoms with Crippen LogP contribution in [0.2, 0.25) is 0 Å². The quantitative estimate of drug-likeness (QED) is 0.517. The van der Waals surface area contributed by atoms with Crippen molar-refractivity contribution in [1.29, 1.82) is 0 Å². The van der Waals surface area contributed by atoms with E-state index < -0.39 is 27.2 Å². The van der Waals surface area contributed by atoms with Gasteiger partial charge in [-0.2, -0.15) is 0 Å². The highest BCUT2D eigenvalue weighted by molar-refractivity contribution is 7.91. The van der Waals surface area contributed by atoms with Gasteiger partial charge in [-0.05, 0) is 50.5 Å². The average molecular weight is 407 g/mol. The van der Waals surface area contributed by atoms with E-state index in [0.717, 1.165) is 0 Å². The Bertz CT molecular complexity index is 894. The first-order chi connectivity index (χ1) is 13.1. The van der Waals surface area contributed by atoms with E-state index in [1.165, 1.54) is 12.1 Å². The lowest BCUT2D eigenvalue weighted by Crippen LogP contribution is -2.53. The maximum atomic E-state index is 12.9. The van der Waals surface area contributed by atoms with Gasteiger partial charge in [0, 0.05) is 5.41 Å². The van der Waals surface area contributed by atoms with Gasteiger partial charge in [0.05, 0.1) is 16.7 Å². The minimum atomic E-state index is -3.67. The fraction of sp³-hybridized carbons (Fsp3) is 0.350. The molecule has 0 bridgehead atoms. The number of likely N-dealkylation sites (N-methyl/N-ethyl adjacent to an activating group) is 1. The van der Waals surface area contributed by atoms with Crippen LogP contribution in [-0.2, 0) is 14.6 Å². The van der Waals surface area contributed by atoms with Crippen LogP contribution in [0.15, 0.2) is 59.5 Å². The Morgan fingerprint density at radius 2 is 1.61 bits per heavy atom. The second kappa shape index (κ2) is 8.72. The fourth-order valence-electron chi connectivity index (χ4n) is 3.34. The molecule has 8 heteroatoms. The Balaban J connectivity index is 2.20. The first kappa shape index (κ1) is 21.9. The van der Waals surface area contributed by atoms with Crippen molar-refractivity contribution in [2.75, 3.05) is 19.8 Å². The van der Waals surface area contributed by atoms with Crippen LogP contribution in [-0.4, -0.2) is 50.3 Å². The third kappa shape index (κ3) is 5.31.